The second-order valence-corrected chi connectivity index (χ2v) is 4.27. The summed E-state index contributed by atoms with van der Waals surface area (Å²) < 4.78 is 38.7. The minimum absolute atomic E-state index is 0.00430. The molecule has 0 saturated carbocycles. The molecule has 1 aromatic rings. The SMILES string of the molecule is N#CC(C#N)=CNc1c(Br)cc(C#N)cc1C(F)(F)F. The molecule has 1 aromatic carbocycles. The Bertz CT molecular complexity index is 671. The van der Waals surface area contributed by atoms with Gasteiger partial charge in [0.1, 0.15) is 17.7 Å². The van der Waals surface area contributed by atoms with E-state index in [1.807, 2.05) is 0 Å². The molecule has 0 radical (unpaired) electrons. The fourth-order valence-corrected chi connectivity index (χ4v) is 1.85. The van der Waals surface area contributed by atoms with Crippen molar-refractivity contribution in [2.75, 3.05) is 5.32 Å². The van der Waals surface area contributed by atoms with Gasteiger partial charge in [0, 0.05) is 10.7 Å². The van der Waals surface area contributed by atoms with Crippen molar-refractivity contribution in [1.82, 2.24) is 0 Å². The number of halogens is 4. The molecule has 1 rings (SSSR count). The summed E-state index contributed by atoms with van der Waals surface area (Å²) in [6.45, 7) is 0. The van der Waals surface area contributed by atoms with Crippen molar-refractivity contribution in [2.45, 2.75) is 6.18 Å². The predicted octanol–water partition coefficient (Wildman–Crippen LogP) is 3.68. The van der Waals surface area contributed by atoms with Gasteiger partial charge in [-0.05, 0) is 28.1 Å². The molecular formula is C12H4BrF3N4. The number of alkyl halides is 3. The molecule has 8 heteroatoms. The predicted molar refractivity (Wildman–Crippen MR) is 66.8 cm³/mol. The quantitative estimate of drug-likeness (QED) is 0.832. The van der Waals surface area contributed by atoms with Crippen LogP contribution in [0.5, 0.6) is 0 Å². The Hall–Kier alpha value is -2.50. The molecule has 0 fully saturated rings. The standard InChI is InChI=1S/C12H4BrF3N4/c13-10-2-7(3-17)1-9(12(14,15)16)11(10)20-6-8(4-18)5-19/h1-2,6,20H. The van der Waals surface area contributed by atoms with Gasteiger partial charge in [-0.1, -0.05) is 0 Å². The first-order valence-electron chi connectivity index (χ1n) is 4.91. The first kappa shape index (κ1) is 15.6. The second kappa shape index (κ2) is 6.10. The molecule has 0 heterocycles. The van der Waals surface area contributed by atoms with Crippen molar-refractivity contribution in [3.05, 3.63) is 39.5 Å². The first-order valence-corrected chi connectivity index (χ1v) is 5.70. The molecule has 0 aliphatic rings. The van der Waals surface area contributed by atoms with Crippen LogP contribution < -0.4 is 5.32 Å². The Morgan fingerprint density at radius 2 is 1.80 bits per heavy atom. The molecule has 4 nitrogen and oxygen atoms in total. The summed E-state index contributed by atoms with van der Waals surface area (Å²) >= 11 is 2.92. The van der Waals surface area contributed by atoms with E-state index >= 15 is 0 Å². The van der Waals surface area contributed by atoms with Crippen molar-refractivity contribution in [1.29, 1.82) is 15.8 Å². The highest BCUT2D eigenvalue weighted by atomic mass is 79.9. The van der Waals surface area contributed by atoms with Crippen molar-refractivity contribution in [3.8, 4) is 18.2 Å². The maximum Gasteiger partial charge on any atom is 0.418 e. The summed E-state index contributed by atoms with van der Waals surface area (Å²) in [6, 6.07) is 6.52. The monoisotopic (exact) mass is 340 g/mol. The maximum absolute atomic E-state index is 12.9. The molecule has 0 atom stereocenters. The molecule has 100 valence electrons. The number of nitrogens with zero attached hydrogens (tertiary/aromatic N) is 3. The largest absolute Gasteiger partial charge is 0.418 e. The zero-order valence-electron chi connectivity index (χ0n) is 9.59. The van der Waals surface area contributed by atoms with Crippen LogP contribution in [0.15, 0.2) is 28.4 Å². The molecule has 0 aliphatic carbocycles. The van der Waals surface area contributed by atoms with E-state index in [-0.39, 0.29) is 21.3 Å². The van der Waals surface area contributed by atoms with E-state index in [1.165, 1.54) is 18.2 Å². The van der Waals surface area contributed by atoms with Crippen molar-refractivity contribution >= 4 is 21.6 Å². The normalized spacial score (nSPS) is 9.85. The Morgan fingerprint density at radius 3 is 2.25 bits per heavy atom. The average molecular weight is 341 g/mol. The number of hydrogen-bond acceptors (Lipinski definition) is 4. The molecule has 1 N–H and O–H groups in total. The van der Waals surface area contributed by atoms with Crippen LogP contribution in [0.3, 0.4) is 0 Å². The molecule has 0 bridgehead atoms. The topological polar surface area (TPSA) is 83.4 Å². The molecule has 0 unspecified atom stereocenters. The fourth-order valence-electron chi connectivity index (χ4n) is 1.28. The zero-order valence-corrected chi connectivity index (χ0v) is 11.2. The average Bonchev–Trinajstić information content (AvgIpc) is 2.39. The number of nitriles is 3. The lowest BCUT2D eigenvalue weighted by Gasteiger charge is -2.14. The minimum atomic E-state index is -4.69. The van der Waals surface area contributed by atoms with Gasteiger partial charge in [0.15, 0.2) is 0 Å². The Balaban J connectivity index is 3.41. The van der Waals surface area contributed by atoms with Crippen LogP contribution in [0.25, 0.3) is 0 Å². The van der Waals surface area contributed by atoms with E-state index in [1.54, 1.807) is 6.07 Å². The van der Waals surface area contributed by atoms with Crippen LogP contribution in [0.1, 0.15) is 11.1 Å². The molecule has 0 aromatic heterocycles. The third-order valence-corrected chi connectivity index (χ3v) is 2.75. The number of benzene rings is 1. The van der Waals surface area contributed by atoms with Crippen LogP contribution in [0.4, 0.5) is 18.9 Å². The summed E-state index contributed by atoms with van der Waals surface area (Å²) in [6.07, 6.45) is -3.83. The van der Waals surface area contributed by atoms with Gasteiger partial charge >= 0.3 is 6.18 Å². The molecular weight excluding hydrogens is 337 g/mol. The van der Waals surface area contributed by atoms with Gasteiger partial charge in [0.2, 0.25) is 0 Å². The maximum atomic E-state index is 12.9. The van der Waals surface area contributed by atoms with E-state index in [4.69, 9.17) is 15.8 Å². The lowest BCUT2D eigenvalue weighted by Crippen LogP contribution is -2.10. The molecule has 0 amide bonds. The van der Waals surface area contributed by atoms with Crippen LogP contribution in [0.2, 0.25) is 0 Å². The third kappa shape index (κ3) is 3.50. The number of allylic oxidation sites excluding steroid dienone is 1. The smallest absolute Gasteiger partial charge is 0.358 e. The van der Waals surface area contributed by atoms with Gasteiger partial charge in [0.05, 0.1) is 22.9 Å². The lowest BCUT2D eigenvalue weighted by molar-refractivity contribution is -0.137. The van der Waals surface area contributed by atoms with Crippen LogP contribution in [-0.2, 0) is 6.18 Å². The molecule has 20 heavy (non-hydrogen) atoms. The lowest BCUT2D eigenvalue weighted by atomic mass is 10.1. The van der Waals surface area contributed by atoms with Gasteiger partial charge in [-0.3, -0.25) is 0 Å². The van der Waals surface area contributed by atoms with E-state index in [0.29, 0.717) is 6.07 Å². The van der Waals surface area contributed by atoms with Gasteiger partial charge in [-0.2, -0.15) is 29.0 Å². The van der Waals surface area contributed by atoms with Crippen LogP contribution >= 0.6 is 15.9 Å². The Kier molecular flexibility index (Phi) is 4.74. The molecule has 0 spiro atoms. The van der Waals surface area contributed by atoms with E-state index in [0.717, 1.165) is 6.20 Å². The highest BCUT2D eigenvalue weighted by molar-refractivity contribution is 9.10. The van der Waals surface area contributed by atoms with Crippen molar-refractivity contribution < 1.29 is 13.2 Å². The summed E-state index contributed by atoms with van der Waals surface area (Å²) in [7, 11) is 0. The third-order valence-electron chi connectivity index (χ3n) is 2.13. The van der Waals surface area contributed by atoms with Gasteiger partial charge < -0.3 is 5.32 Å². The number of hydrogen-bond donors (Lipinski definition) is 1. The zero-order chi connectivity index (χ0) is 15.3. The van der Waals surface area contributed by atoms with Gasteiger partial charge in [-0.25, -0.2) is 0 Å². The number of anilines is 1. The van der Waals surface area contributed by atoms with Crippen molar-refractivity contribution in [3.63, 3.8) is 0 Å². The summed E-state index contributed by atoms with van der Waals surface area (Å²) in [5.41, 5.74) is -2.00. The fraction of sp³-hybridized carbons (Fsp3) is 0.0833. The Morgan fingerprint density at radius 1 is 1.20 bits per heavy atom. The van der Waals surface area contributed by atoms with E-state index < -0.39 is 11.7 Å². The van der Waals surface area contributed by atoms with E-state index in [2.05, 4.69) is 21.2 Å². The summed E-state index contributed by atoms with van der Waals surface area (Å²) in [5.74, 6) is 0. The second-order valence-electron chi connectivity index (χ2n) is 3.42. The Labute approximate surface area is 120 Å². The highest BCUT2D eigenvalue weighted by Crippen LogP contribution is 2.39. The van der Waals surface area contributed by atoms with Crippen LogP contribution in [0, 0.1) is 34.0 Å². The molecule has 0 aliphatic heterocycles. The summed E-state index contributed by atoms with van der Waals surface area (Å²) in [4.78, 5) is 0. The number of nitrogens with one attached hydrogen (secondary N) is 1. The molecule has 0 saturated heterocycles. The number of rotatable bonds is 2. The van der Waals surface area contributed by atoms with Gasteiger partial charge in [0.25, 0.3) is 0 Å². The minimum Gasteiger partial charge on any atom is -0.358 e. The highest BCUT2D eigenvalue weighted by Gasteiger charge is 2.35. The van der Waals surface area contributed by atoms with Crippen molar-refractivity contribution in [2.24, 2.45) is 0 Å². The van der Waals surface area contributed by atoms with Gasteiger partial charge in [-0.15, -0.1) is 0 Å². The summed E-state index contributed by atoms with van der Waals surface area (Å²) in [5, 5.41) is 28.0. The van der Waals surface area contributed by atoms with Crippen LogP contribution in [-0.4, -0.2) is 0 Å². The van der Waals surface area contributed by atoms with E-state index in [9.17, 15) is 13.2 Å². The first-order chi connectivity index (χ1) is 9.33.